The van der Waals surface area contributed by atoms with Crippen LogP contribution in [0.5, 0.6) is 0 Å². The number of nitrogens with zero attached hydrogens (tertiary/aromatic N) is 3. The SMILES string of the molecule is CCn1ccnc1C(CN(C)C)NN. The standard InChI is InChI=1S/C9H19N5/c1-4-14-6-5-11-9(14)8(12-10)7-13(2)3/h5-6,8,12H,4,7,10H2,1-3H3. The van der Waals surface area contributed by atoms with E-state index in [1.165, 1.54) is 0 Å². The average Bonchev–Trinajstić information content (AvgIpc) is 2.61. The summed E-state index contributed by atoms with van der Waals surface area (Å²) in [5.41, 5.74) is 2.79. The summed E-state index contributed by atoms with van der Waals surface area (Å²) in [7, 11) is 4.03. The van der Waals surface area contributed by atoms with Crippen LogP contribution in [-0.2, 0) is 6.54 Å². The molecule has 0 saturated heterocycles. The van der Waals surface area contributed by atoms with Gasteiger partial charge in [0.15, 0.2) is 0 Å². The summed E-state index contributed by atoms with van der Waals surface area (Å²) in [5, 5.41) is 0. The number of hydrazine groups is 1. The molecule has 1 unspecified atom stereocenters. The maximum atomic E-state index is 5.51. The zero-order valence-corrected chi connectivity index (χ0v) is 9.07. The Morgan fingerprint density at radius 3 is 2.86 bits per heavy atom. The lowest BCUT2D eigenvalue weighted by atomic mass is 10.2. The minimum atomic E-state index is 0.0833. The second-order valence-electron chi connectivity index (χ2n) is 3.55. The van der Waals surface area contributed by atoms with Crippen molar-refractivity contribution in [1.29, 1.82) is 0 Å². The third kappa shape index (κ3) is 2.54. The van der Waals surface area contributed by atoms with Crippen LogP contribution >= 0.6 is 0 Å². The molecule has 1 rings (SSSR count). The van der Waals surface area contributed by atoms with Crippen molar-refractivity contribution in [3.63, 3.8) is 0 Å². The van der Waals surface area contributed by atoms with Gasteiger partial charge in [0.25, 0.3) is 0 Å². The van der Waals surface area contributed by atoms with Crippen molar-refractivity contribution >= 4 is 0 Å². The fraction of sp³-hybridized carbons (Fsp3) is 0.667. The van der Waals surface area contributed by atoms with Crippen LogP contribution in [0.25, 0.3) is 0 Å². The van der Waals surface area contributed by atoms with Gasteiger partial charge in [0.05, 0.1) is 6.04 Å². The molecule has 0 radical (unpaired) electrons. The van der Waals surface area contributed by atoms with Crippen LogP contribution in [-0.4, -0.2) is 35.1 Å². The molecular formula is C9H19N5. The molecule has 3 N–H and O–H groups in total. The van der Waals surface area contributed by atoms with E-state index < -0.39 is 0 Å². The third-order valence-electron chi connectivity index (χ3n) is 2.15. The first-order chi connectivity index (χ1) is 6.69. The lowest BCUT2D eigenvalue weighted by Crippen LogP contribution is -2.37. The van der Waals surface area contributed by atoms with E-state index in [1.54, 1.807) is 6.20 Å². The van der Waals surface area contributed by atoms with Gasteiger partial charge in [-0.05, 0) is 21.0 Å². The van der Waals surface area contributed by atoms with E-state index in [1.807, 2.05) is 20.3 Å². The number of imidazole rings is 1. The van der Waals surface area contributed by atoms with Crippen molar-refractivity contribution in [2.24, 2.45) is 5.84 Å². The molecule has 1 aromatic heterocycles. The van der Waals surface area contributed by atoms with E-state index >= 15 is 0 Å². The molecule has 0 aliphatic carbocycles. The highest BCUT2D eigenvalue weighted by Crippen LogP contribution is 2.10. The summed E-state index contributed by atoms with van der Waals surface area (Å²) in [4.78, 5) is 6.39. The maximum Gasteiger partial charge on any atom is 0.128 e. The van der Waals surface area contributed by atoms with Crippen LogP contribution in [0, 0.1) is 0 Å². The molecule has 5 heteroatoms. The van der Waals surface area contributed by atoms with Crippen molar-refractivity contribution in [1.82, 2.24) is 19.9 Å². The molecule has 0 bridgehead atoms. The lowest BCUT2D eigenvalue weighted by molar-refractivity contribution is 0.331. The van der Waals surface area contributed by atoms with Crippen molar-refractivity contribution in [3.05, 3.63) is 18.2 Å². The first kappa shape index (κ1) is 11.2. The Bertz CT molecular complexity index is 268. The Kier molecular flexibility index (Phi) is 4.06. The first-order valence-corrected chi connectivity index (χ1v) is 4.81. The minimum Gasteiger partial charge on any atom is -0.334 e. The number of nitrogens with one attached hydrogen (secondary N) is 1. The van der Waals surface area contributed by atoms with Gasteiger partial charge in [-0.15, -0.1) is 0 Å². The van der Waals surface area contributed by atoms with E-state index in [4.69, 9.17) is 5.84 Å². The van der Waals surface area contributed by atoms with E-state index in [0.29, 0.717) is 0 Å². The Hall–Kier alpha value is -0.910. The molecule has 0 saturated carbocycles. The maximum absolute atomic E-state index is 5.51. The van der Waals surface area contributed by atoms with Gasteiger partial charge >= 0.3 is 0 Å². The van der Waals surface area contributed by atoms with Gasteiger partial charge in [0, 0.05) is 25.5 Å². The second kappa shape index (κ2) is 5.09. The average molecular weight is 197 g/mol. The number of aryl methyl sites for hydroxylation is 1. The van der Waals surface area contributed by atoms with Crippen LogP contribution in [0.1, 0.15) is 18.8 Å². The molecule has 0 amide bonds. The van der Waals surface area contributed by atoms with E-state index in [2.05, 4.69) is 26.8 Å². The van der Waals surface area contributed by atoms with Crippen LogP contribution < -0.4 is 11.3 Å². The van der Waals surface area contributed by atoms with Gasteiger partial charge in [0.1, 0.15) is 5.82 Å². The van der Waals surface area contributed by atoms with Gasteiger partial charge in [-0.3, -0.25) is 5.84 Å². The summed E-state index contributed by atoms with van der Waals surface area (Å²) in [6.45, 7) is 3.85. The molecule has 0 aromatic carbocycles. The molecule has 0 fully saturated rings. The molecule has 5 nitrogen and oxygen atoms in total. The topological polar surface area (TPSA) is 59.1 Å². The predicted molar refractivity (Wildman–Crippen MR) is 56.5 cm³/mol. The zero-order valence-electron chi connectivity index (χ0n) is 9.07. The van der Waals surface area contributed by atoms with E-state index in [-0.39, 0.29) is 6.04 Å². The second-order valence-corrected chi connectivity index (χ2v) is 3.55. The zero-order chi connectivity index (χ0) is 10.6. The van der Waals surface area contributed by atoms with Crippen LogP contribution in [0.15, 0.2) is 12.4 Å². The summed E-state index contributed by atoms with van der Waals surface area (Å²) in [5.74, 6) is 6.50. The molecule has 1 heterocycles. The predicted octanol–water partition coefficient (Wildman–Crippen LogP) is -0.0310. The normalized spacial score (nSPS) is 13.5. The molecule has 0 spiro atoms. The molecule has 80 valence electrons. The molecule has 0 aliphatic rings. The van der Waals surface area contributed by atoms with Gasteiger partial charge in [0.2, 0.25) is 0 Å². The molecular weight excluding hydrogens is 178 g/mol. The Morgan fingerprint density at radius 2 is 2.36 bits per heavy atom. The number of likely N-dealkylation sites (N-methyl/N-ethyl adjacent to an activating group) is 1. The fourth-order valence-electron chi connectivity index (χ4n) is 1.47. The molecule has 1 aromatic rings. The number of rotatable bonds is 5. The van der Waals surface area contributed by atoms with E-state index in [0.717, 1.165) is 18.9 Å². The molecule has 0 aliphatic heterocycles. The molecule has 14 heavy (non-hydrogen) atoms. The molecule has 1 atom stereocenters. The number of hydrogen-bond acceptors (Lipinski definition) is 4. The van der Waals surface area contributed by atoms with Gasteiger partial charge < -0.3 is 9.47 Å². The Morgan fingerprint density at radius 1 is 1.64 bits per heavy atom. The first-order valence-electron chi connectivity index (χ1n) is 4.81. The largest absolute Gasteiger partial charge is 0.334 e. The van der Waals surface area contributed by atoms with Crippen LogP contribution in [0.3, 0.4) is 0 Å². The van der Waals surface area contributed by atoms with Crippen molar-refractivity contribution in [2.45, 2.75) is 19.5 Å². The number of hydrogen-bond donors (Lipinski definition) is 2. The van der Waals surface area contributed by atoms with Crippen LogP contribution in [0.2, 0.25) is 0 Å². The quantitative estimate of drug-likeness (QED) is 0.514. The van der Waals surface area contributed by atoms with E-state index in [9.17, 15) is 0 Å². The minimum absolute atomic E-state index is 0.0833. The Labute approximate surface area is 84.9 Å². The van der Waals surface area contributed by atoms with Gasteiger partial charge in [-0.25, -0.2) is 10.4 Å². The summed E-state index contributed by atoms with van der Waals surface area (Å²) in [6.07, 6.45) is 3.77. The highest BCUT2D eigenvalue weighted by Gasteiger charge is 2.15. The van der Waals surface area contributed by atoms with Crippen molar-refractivity contribution in [2.75, 3.05) is 20.6 Å². The lowest BCUT2D eigenvalue weighted by Gasteiger charge is -2.20. The smallest absolute Gasteiger partial charge is 0.128 e. The highest BCUT2D eigenvalue weighted by atomic mass is 15.3. The number of aromatic nitrogens is 2. The van der Waals surface area contributed by atoms with Crippen molar-refractivity contribution < 1.29 is 0 Å². The highest BCUT2D eigenvalue weighted by molar-refractivity contribution is 4.99. The fourth-order valence-corrected chi connectivity index (χ4v) is 1.47. The summed E-state index contributed by atoms with van der Waals surface area (Å²) >= 11 is 0. The van der Waals surface area contributed by atoms with Gasteiger partial charge in [-0.1, -0.05) is 0 Å². The number of nitrogens with two attached hydrogens (primary N) is 1. The van der Waals surface area contributed by atoms with Crippen molar-refractivity contribution in [3.8, 4) is 0 Å². The van der Waals surface area contributed by atoms with Crippen LogP contribution in [0.4, 0.5) is 0 Å². The summed E-state index contributed by atoms with van der Waals surface area (Å²) in [6, 6.07) is 0.0833. The third-order valence-corrected chi connectivity index (χ3v) is 2.15. The summed E-state index contributed by atoms with van der Waals surface area (Å²) < 4.78 is 2.09. The Balaban J connectivity index is 2.77. The monoisotopic (exact) mass is 197 g/mol. The van der Waals surface area contributed by atoms with Gasteiger partial charge in [-0.2, -0.15) is 0 Å².